The van der Waals surface area contributed by atoms with E-state index in [1.165, 1.54) is 43.1 Å². The van der Waals surface area contributed by atoms with E-state index in [-0.39, 0.29) is 0 Å². The second-order valence-corrected chi connectivity index (χ2v) is 17.0. The smallest absolute Gasteiger partial charge is 0.160 e. The Bertz CT molecular complexity index is 3820. The van der Waals surface area contributed by atoms with Crippen LogP contribution >= 0.6 is 0 Å². The molecule has 0 amide bonds. The zero-order valence-electron chi connectivity index (χ0n) is 35.7. The molecule has 0 aliphatic carbocycles. The van der Waals surface area contributed by atoms with Crippen molar-refractivity contribution in [3.8, 4) is 67.5 Å². The number of benzene rings is 11. The van der Waals surface area contributed by atoms with Gasteiger partial charge in [0.15, 0.2) is 11.6 Å². The number of hydrogen-bond acceptors (Lipinski definition) is 4. The Labute approximate surface area is 381 Å². The van der Waals surface area contributed by atoms with Gasteiger partial charge in [-0.2, -0.15) is 0 Å². The lowest BCUT2D eigenvalue weighted by atomic mass is 9.95. The first-order chi connectivity index (χ1) is 32.7. The monoisotopic (exact) mass is 838 g/mol. The first-order valence-electron chi connectivity index (χ1n) is 22.4. The van der Waals surface area contributed by atoms with Gasteiger partial charge in [-0.1, -0.05) is 188 Å². The molecule has 4 heteroatoms. The van der Waals surface area contributed by atoms with E-state index in [1.807, 2.05) is 18.2 Å². The fourth-order valence-electron chi connectivity index (χ4n) is 9.73. The fourth-order valence-corrected chi connectivity index (χ4v) is 9.73. The summed E-state index contributed by atoms with van der Waals surface area (Å²) in [5.41, 5.74) is 12.0. The van der Waals surface area contributed by atoms with E-state index in [0.717, 1.165) is 77.7 Å². The molecule has 13 aromatic rings. The molecule has 13 rings (SSSR count). The van der Waals surface area contributed by atoms with Gasteiger partial charge in [-0.15, -0.1) is 0 Å². The summed E-state index contributed by atoms with van der Waals surface area (Å²) in [6.07, 6.45) is 0. The van der Waals surface area contributed by atoms with Crippen molar-refractivity contribution in [1.29, 1.82) is 0 Å². The van der Waals surface area contributed by atoms with Crippen molar-refractivity contribution >= 4 is 64.9 Å². The Morgan fingerprint density at radius 3 is 1.03 bits per heavy atom. The van der Waals surface area contributed by atoms with Gasteiger partial charge in [-0.05, 0) is 108 Å². The molecular formula is C62H38N4. The third-order valence-electron chi connectivity index (χ3n) is 13.0. The molecule has 4 nitrogen and oxygen atoms in total. The first-order valence-corrected chi connectivity index (χ1v) is 22.4. The second-order valence-electron chi connectivity index (χ2n) is 17.0. The average molecular weight is 839 g/mol. The van der Waals surface area contributed by atoms with Crippen LogP contribution in [0.3, 0.4) is 0 Å². The topological polar surface area (TPSA) is 51.6 Å². The van der Waals surface area contributed by atoms with Crippen LogP contribution in [0.2, 0.25) is 0 Å². The van der Waals surface area contributed by atoms with Gasteiger partial charge in [-0.3, -0.25) is 0 Å². The zero-order chi connectivity index (χ0) is 43.6. The molecular weight excluding hydrogens is 801 g/mol. The molecule has 0 aliphatic heterocycles. The number of hydrogen-bond donors (Lipinski definition) is 0. The maximum absolute atomic E-state index is 5.33. The molecule has 2 heterocycles. The zero-order valence-corrected chi connectivity index (χ0v) is 35.7. The molecule has 0 saturated carbocycles. The van der Waals surface area contributed by atoms with Crippen LogP contribution in [0.4, 0.5) is 0 Å². The van der Waals surface area contributed by atoms with Crippen LogP contribution in [0, 0.1) is 0 Å². The minimum absolute atomic E-state index is 0.644. The minimum Gasteiger partial charge on any atom is -0.228 e. The van der Waals surface area contributed by atoms with E-state index in [9.17, 15) is 0 Å². The van der Waals surface area contributed by atoms with Crippen molar-refractivity contribution in [2.24, 2.45) is 0 Å². The Balaban J connectivity index is 0.879. The summed E-state index contributed by atoms with van der Waals surface area (Å²) in [5, 5.41) is 12.0. The molecule has 306 valence electrons. The van der Waals surface area contributed by atoms with Crippen LogP contribution in [-0.2, 0) is 0 Å². The van der Waals surface area contributed by atoms with Crippen molar-refractivity contribution < 1.29 is 0 Å². The summed E-state index contributed by atoms with van der Waals surface area (Å²) >= 11 is 0. The van der Waals surface area contributed by atoms with Gasteiger partial charge in [0, 0.05) is 33.0 Å². The van der Waals surface area contributed by atoms with Gasteiger partial charge in [0.1, 0.15) is 0 Å². The molecule has 66 heavy (non-hydrogen) atoms. The quantitative estimate of drug-likeness (QED) is 0.157. The highest BCUT2D eigenvalue weighted by atomic mass is 14.9. The Kier molecular flexibility index (Phi) is 8.81. The summed E-state index contributed by atoms with van der Waals surface area (Å²) in [4.78, 5) is 20.9. The van der Waals surface area contributed by atoms with Crippen LogP contribution < -0.4 is 0 Å². The molecule has 0 unspecified atom stereocenters. The molecule has 11 aromatic carbocycles. The van der Waals surface area contributed by atoms with Gasteiger partial charge >= 0.3 is 0 Å². The van der Waals surface area contributed by atoms with Crippen molar-refractivity contribution in [3.05, 3.63) is 231 Å². The predicted molar refractivity (Wildman–Crippen MR) is 275 cm³/mol. The minimum atomic E-state index is 0.644. The maximum atomic E-state index is 5.33. The molecule has 0 aliphatic rings. The highest BCUT2D eigenvalue weighted by Crippen LogP contribution is 2.37. The summed E-state index contributed by atoms with van der Waals surface area (Å²) in [7, 11) is 0. The lowest BCUT2D eigenvalue weighted by Gasteiger charge is -2.13. The van der Waals surface area contributed by atoms with Crippen LogP contribution in [0.1, 0.15) is 0 Å². The van der Waals surface area contributed by atoms with Gasteiger partial charge in [-0.25, -0.2) is 19.9 Å². The molecule has 0 bridgehead atoms. The van der Waals surface area contributed by atoms with Crippen molar-refractivity contribution in [2.75, 3.05) is 0 Å². The summed E-state index contributed by atoms with van der Waals surface area (Å²) in [6, 6.07) is 81.8. The standard InChI is InChI=1S/C62H38N4/c1-3-20-51-39(12-1)26-28-45-34-43(30-32-53(45)51)41-14-9-16-47(36-41)59-55-22-5-7-24-57(55)63-61(65-59)49-18-11-19-50(38-49)62-64-58-25-8-6-23-56(58)60(66-62)48-17-10-15-42(37-48)44-31-33-54-46(35-44)29-27-40-13-2-4-21-52(40)54/h1-38H. The first kappa shape index (κ1) is 37.7. The molecule has 0 fully saturated rings. The van der Waals surface area contributed by atoms with Gasteiger partial charge < -0.3 is 0 Å². The Morgan fingerprint density at radius 2 is 0.545 bits per heavy atom. The SMILES string of the molecule is c1cc(-c2nc(-c3cccc(-c4ccc5c(ccc6ccccc65)c4)c3)c3ccccc3n2)cc(-c2nc(-c3cccc(-c4ccc5c(ccc6ccccc65)c4)c3)c3ccccc3n2)c1. The molecule has 0 radical (unpaired) electrons. The van der Waals surface area contributed by atoms with Gasteiger partial charge in [0.2, 0.25) is 0 Å². The fraction of sp³-hybridized carbons (Fsp3) is 0. The highest BCUT2D eigenvalue weighted by molar-refractivity contribution is 6.10. The third-order valence-corrected chi connectivity index (χ3v) is 13.0. The predicted octanol–water partition coefficient (Wildman–Crippen LogP) is 16.2. The van der Waals surface area contributed by atoms with Crippen LogP contribution in [0.5, 0.6) is 0 Å². The molecule has 0 saturated heterocycles. The molecule has 0 N–H and O–H groups in total. The van der Waals surface area contributed by atoms with E-state index >= 15 is 0 Å². The van der Waals surface area contributed by atoms with Crippen LogP contribution in [0.25, 0.3) is 132 Å². The van der Waals surface area contributed by atoms with Crippen molar-refractivity contribution in [3.63, 3.8) is 0 Å². The van der Waals surface area contributed by atoms with Gasteiger partial charge in [0.25, 0.3) is 0 Å². The number of rotatable bonds is 6. The van der Waals surface area contributed by atoms with E-state index < -0.39 is 0 Å². The number of fused-ring (bicyclic) bond motifs is 8. The second kappa shape index (κ2) is 15.4. The maximum Gasteiger partial charge on any atom is 0.160 e. The molecule has 0 atom stereocenters. The molecule has 2 aromatic heterocycles. The van der Waals surface area contributed by atoms with E-state index in [4.69, 9.17) is 19.9 Å². The van der Waals surface area contributed by atoms with Gasteiger partial charge in [0.05, 0.1) is 22.4 Å². The Hall–Kier alpha value is -8.86. The van der Waals surface area contributed by atoms with Crippen molar-refractivity contribution in [1.82, 2.24) is 19.9 Å². The average Bonchev–Trinajstić information content (AvgIpc) is 3.40. The van der Waals surface area contributed by atoms with Crippen LogP contribution in [-0.4, -0.2) is 19.9 Å². The third kappa shape index (κ3) is 6.55. The number of nitrogens with zero attached hydrogens (tertiary/aromatic N) is 4. The lowest BCUT2D eigenvalue weighted by Crippen LogP contribution is -1.97. The van der Waals surface area contributed by atoms with E-state index in [1.54, 1.807) is 0 Å². The summed E-state index contributed by atoms with van der Waals surface area (Å²) in [6.45, 7) is 0. The van der Waals surface area contributed by atoms with Crippen molar-refractivity contribution in [2.45, 2.75) is 0 Å². The summed E-state index contributed by atoms with van der Waals surface area (Å²) < 4.78 is 0. The highest BCUT2D eigenvalue weighted by Gasteiger charge is 2.17. The van der Waals surface area contributed by atoms with E-state index in [0.29, 0.717) is 11.6 Å². The lowest BCUT2D eigenvalue weighted by molar-refractivity contribution is 1.21. The molecule has 0 spiro atoms. The summed E-state index contributed by atoms with van der Waals surface area (Å²) in [5.74, 6) is 1.29. The van der Waals surface area contributed by atoms with Crippen LogP contribution in [0.15, 0.2) is 231 Å². The number of para-hydroxylation sites is 2. The number of aromatic nitrogens is 4. The normalized spacial score (nSPS) is 11.6. The van der Waals surface area contributed by atoms with E-state index in [2.05, 4.69) is 212 Å². The Morgan fingerprint density at radius 1 is 0.197 bits per heavy atom. The largest absolute Gasteiger partial charge is 0.228 e.